The van der Waals surface area contributed by atoms with E-state index in [-0.39, 0.29) is 51.7 Å². The van der Waals surface area contributed by atoms with Crippen LogP contribution in [0.15, 0.2) is 28.5 Å². The van der Waals surface area contributed by atoms with Crippen LogP contribution in [0, 0.1) is 5.82 Å². The molecule has 1 aromatic heterocycles. The van der Waals surface area contributed by atoms with Crippen molar-refractivity contribution in [1.29, 1.82) is 0 Å². The summed E-state index contributed by atoms with van der Waals surface area (Å²) in [6.45, 7) is 0.854. The standard InChI is InChI=1S/C16H15ClFN3O5S2/c17-9-1-2-10(12(18)7-9)15(23)20-16-11(14(19)22)8-13(27-16)28(24,25)21-3-5-26-6-4-21/h1-2,7-8H,3-6H2,(H2,19,22)(H,20,23). The van der Waals surface area contributed by atoms with Crippen LogP contribution in [0.4, 0.5) is 9.39 Å². The lowest BCUT2D eigenvalue weighted by Gasteiger charge is -2.25. The zero-order chi connectivity index (χ0) is 20.5. The molecule has 2 heterocycles. The summed E-state index contributed by atoms with van der Waals surface area (Å²) in [6, 6.07) is 4.58. The van der Waals surface area contributed by atoms with Gasteiger partial charge in [0.05, 0.1) is 24.3 Å². The van der Waals surface area contributed by atoms with Gasteiger partial charge < -0.3 is 15.8 Å². The van der Waals surface area contributed by atoms with E-state index < -0.39 is 27.7 Å². The van der Waals surface area contributed by atoms with Gasteiger partial charge in [0.1, 0.15) is 15.0 Å². The van der Waals surface area contributed by atoms with Gasteiger partial charge in [0.25, 0.3) is 21.8 Å². The fourth-order valence-electron chi connectivity index (χ4n) is 2.53. The molecule has 0 saturated carbocycles. The molecule has 1 aliphatic heterocycles. The summed E-state index contributed by atoms with van der Waals surface area (Å²) in [5.74, 6) is -2.65. The monoisotopic (exact) mass is 447 g/mol. The van der Waals surface area contributed by atoms with Crippen LogP contribution in [-0.2, 0) is 14.8 Å². The van der Waals surface area contributed by atoms with Gasteiger partial charge in [0, 0.05) is 18.1 Å². The van der Waals surface area contributed by atoms with Crippen molar-refractivity contribution >= 4 is 49.8 Å². The fourth-order valence-corrected chi connectivity index (χ4v) is 5.62. The van der Waals surface area contributed by atoms with Gasteiger partial charge in [-0.1, -0.05) is 11.6 Å². The summed E-state index contributed by atoms with van der Waals surface area (Å²) in [4.78, 5) is 24.1. The summed E-state index contributed by atoms with van der Waals surface area (Å²) in [6.07, 6.45) is 0. The Balaban J connectivity index is 1.93. The van der Waals surface area contributed by atoms with Crippen molar-refractivity contribution in [3.63, 3.8) is 0 Å². The Morgan fingerprint density at radius 3 is 2.50 bits per heavy atom. The molecule has 28 heavy (non-hydrogen) atoms. The third kappa shape index (κ3) is 4.18. The molecule has 0 bridgehead atoms. The third-order valence-electron chi connectivity index (χ3n) is 3.94. The number of thiophene rings is 1. The topological polar surface area (TPSA) is 119 Å². The van der Waals surface area contributed by atoms with Crippen LogP contribution in [0.5, 0.6) is 0 Å². The van der Waals surface area contributed by atoms with E-state index in [4.69, 9.17) is 22.1 Å². The van der Waals surface area contributed by atoms with Crippen molar-refractivity contribution in [2.45, 2.75) is 4.21 Å². The average Bonchev–Trinajstić information content (AvgIpc) is 3.07. The third-order valence-corrected chi connectivity index (χ3v) is 7.58. The van der Waals surface area contributed by atoms with Crippen molar-refractivity contribution in [2.24, 2.45) is 5.73 Å². The minimum absolute atomic E-state index is 0.0846. The zero-order valence-corrected chi connectivity index (χ0v) is 16.7. The molecule has 12 heteroatoms. The second kappa shape index (κ2) is 8.13. The minimum Gasteiger partial charge on any atom is -0.379 e. The van der Waals surface area contributed by atoms with Gasteiger partial charge in [-0.25, -0.2) is 12.8 Å². The van der Waals surface area contributed by atoms with Gasteiger partial charge in [-0.15, -0.1) is 11.3 Å². The maximum absolute atomic E-state index is 14.0. The number of halogens is 2. The molecule has 150 valence electrons. The normalized spacial score (nSPS) is 15.4. The molecule has 2 aromatic rings. The largest absolute Gasteiger partial charge is 0.379 e. The van der Waals surface area contributed by atoms with Crippen molar-refractivity contribution in [3.8, 4) is 0 Å². The number of hydrogen-bond donors (Lipinski definition) is 2. The quantitative estimate of drug-likeness (QED) is 0.725. The molecular formula is C16H15ClFN3O5S2. The first-order valence-electron chi connectivity index (χ1n) is 7.98. The summed E-state index contributed by atoms with van der Waals surface area (Å²) < 4.78 is 45.7. The van der Waals surface area contributed by atoms with E-state index in [9.17, 15) is 22.4 Å². The predicted octanol–water partition coefficient (Wildman–Crippen LogP) is 1.91. The van der Waals surface area contributed by atoms with E-state index in [0.717, 1.165) is 12.1 Å². The number of primary amides is 1. The summed E-state index contributed by atoms with van der Waals surface area (Å²) in [5.41, 5.74) is 4.82. The molecule has 0 spiro atoms. The molecule has 0 atom stereocenters. The molecule has 3 N–H and O–H groups in total. The van der Waals surface area contributed by atoms with E-state index in [1.807, 2.05) is 0 Å². The highest BCUT2D eigenvalue weighted by Crippen LogP contribution is 2.33. The number of benzene rings is 1. The van der Waals surface area contributed by atoms with Crippen LogP contribution in [-0.4, -0.2) is 50.8 Å². The lowest BCUT2D eigenvalue weighted by Crippen LogP contribution is -2.40. The van der Waals surface area contributed by atoms with Gasteiger partial charge in [-0.2, -0.15) is 4.31 Å². The Kier molecular flexibility index (Phi) is 6.01. The van der Waals surface area contributed by atoms with Crippen molar-refractivity contribution in [3.05, 3.63) is 46.2 Å². The number of amides is 2. The van der Waals surface area contributed by atoms with E-state index in [2.05, 4.69) is 5.32 Å². The highest BCUT2D eigenvalue weighted by molar-refractivity contribution is 7.91. The van der Waals surface area contributed by atoms with E-state index in [1.54, 1.807) is 0 Å². The van der Waals surface area contributed by atoms with Crippen LogP contribution in [0.1, 0.15) is 20.7 Å². The van der Waals surface area contributed by atoms with Crippen LogP contribution in [0.25, 0.3) is 0 Å². The van der Waals surface area contributed by atoms with Crippen molar-refractivity contribution < 1.29 is 27.1 Å². The molecule has 3 rings (SSSR count). The number of carbonyl (C=O) groups is 2. The lowest BCUT2D eigenvalue weighted by atomic mass is 10.2. The number of ether oxygens (including phenoxy) is 1. The van der Waals surface area contributed by atoms with Gasteiger partial charge in [0.15, 0.2) is 0 Å². The molecule has 1 aromatic carbocycles. The maximum atomic E-state index is 14.0. The number of nitrogens with zero attached hydrogens (tertiary/aromatic N) is 1. The maximum Gasteiger partial charge on any atom is 0.259 e. The molecule has 1 aliphatic rings. The number of morpholine rings is 1. The molecule has 0 radical (unpaired) electrons. The molecular weight excluding hydrogens is 433 g/mol. The number of hydrogen-bond acceptors (Lipinski definition) is 6. The molecule has 0 unspecified atom stereocenters. The van der Waals surface area contributed by atoms with Crippen LogP contribution < -0.4 is 11.1 Å². The smallest absolute Gasteiger partial charge is 0.259 e. The van der Waals surface area contributed by atoms with Gasteiger partial charge in [-0.3, -0.25) is 9.59 Å². The van der Waals surface area contributed by atoms with E-state index in [1.165, 1.54) is 16.4 Å². The Labute approximate surface area is 169 Å². The second-order valence-electron chi connectivity index (χ2n) is 5.77. The van der Waals surface area contributed by atoms with Crippen LogP contribution in [0.2, 0.25) is 5.02 Å². The van der Waals surface area contributed by atoms with Crippen molar-refractivity contribution in [2.75, 3.05) is 31.6 Å². The van der Waals surface area contributed by atoms with Crippen LogP contribution in [0.3, 0.4) is 0 Å². The van der Waals surface area contributed by atoms with Crippen LogP contribution >= 0.6 is 22.9 Å². The number of nitrogens with one attached hydrogen (secondary N) is 1. The molecule has 2 amide bonds. The first kappa shape index (κ1) is 20.7. The number of nitrogens with two attached hydrogens (primary N) is 1. The fraction of sp³-hybridized carbons (Fsp3) is 0.250. The Morgan fingerprint density at radius 2 is 1.89 bits per heavy atom. The second-order valence-corrected chi connectivity index (χ2v) is 9.42. The molecule has 0 aliphatic carbocycles. The first-order valence-corrected chi connectivity index (χ1v) is 10.6. The zero-order valence-electron chi connectivity index (χ0n) is 14.3. The van der Waals surface area contributed by atoms with E-state index >= 15 is 0 Å². The highest BCUT2D eigenvalue weighted by atomic mass is 35.5. The van der Waals surface area contributed by atoms with Crippen molar-refractivity contribution in [1.82, 2.24) is 4.31 Å². The SMILES string of the molecule is NC(=O)c1cc(S(=O)(=O)N2CCOCC2)sc1NC(=O)c1ccc(Cl)cc1F. The lowest BCUT2D eigenvalue weighted by molar-refractivity contribution is 0.0731. The average molecular weight is 448 g/mol. The summed E-state index contributed by atoms with van der Waals surface area (Å²) in [7, 11) is -3.89. The molecule has 1 fully saturated rings. The summed E-state index contributed by atoms with van der Waals surface area (Å²) >= 11 is 6.33. The first-order chi connectivity index (χ1) is 13.2. The molecule has 1 saturated heterocycles. The van der Waals surface area contributed by atoms with Gasteiger partial charge in [0.2, 0.25) is 0 Å². The highest BCUT2D eigenvalue weighted by Gasteiger charge is 2.30. The Hall–Kier alpha value is -2.05. The minimum atomic E-state index is -3.89. The number of anilines is 1. The molecule has 8 nitrogen and oxygen atoms in total. The Bertz CT molecular complexity index is 1030. The predicted molar refractivity (Wildman–Crippen MR) is 102 cm³/mol. The number of rotatable bonds is 5. The Morgan fingerprint density at radius 1 is 1.21 bits per heavy atom. The number of carbonyl (C=O) groups excluding carboxylic acids is 2. The summed E-state index contributed by atoms with van der Waals surface area (Å²) in [5, 5.41) is 2.38. The van der Waals surface area contributed by atoms with E-state index in [0.29, 0.717) is 11.3 Å². The number of sulfonamides is 1. The van der Waals surface area contributed by atoms with Gasteiger partial charge >= 0.3 is 0 Å². The van der Waals surface area contributed by atoms with Gasteiger partial charge in [-0.05, 0) is 24.3 Å².